The number of piperazine rings is 1. The van der Waals surface area contributed by atoms with E-state index < -0.39 is 5.63 Å². The maximum Gasteiger partial charge on any atom is 0.349 e. The Balaban J connectivity index is 1.27. The van der Waals surface area contributed by atoms with Gasteiger partial charge in [0.15, 0.2) is 0 Å². The van der Waals surface area contributed by atoms with E-state index in [0.717, 1.165) is 16.6 Å². The Hall–Kier alpha value is -3.94. The normalized spacial score (nSPS) is 14.2. The van der Waals surface area contributed by atoms with Gasteiger partial charge in [-0.25, -0.2) is 4.79 Å². The molecular weight excluding hydrogens is 396 g/mol. The monoisotopic (exact) mass is 416 g/mol. The van der Waals surface area contributed by atoms with Gasteiger partial charge < -0.3 is 18.7 Å². The summed E-state index contributed by atoms with van der Waals surface area (Å²) in [6.07, 6.45) is 0. The molecule has 0 aliphatic carbocycles. The van der Waals surface area contributed by atoms with Gasteiger partial charge in [-0.05, 0) is 36.4 Å². The Kier molecular flexibility index (Phi) is 4.74. The number of para-hydroxylation sites is 1. The lowest BCUT2D eigenvalue weighted by molar-refractivity contribution is 0.0742. The molecule has 8 heteroatoms. The molecule has 31 heavy (non-hydrogen) atoms. The zero-order valence-electron chi connectivity index (χ0n) is 16.9. The van der Waals surface area contributed by atoms with E-state index in [2.05, 4.69) is 15.0 Å². The molecule has 0 spiro atoms. The van der Waals surface area contributed by atoms with Crippen LogP contribution in [0.15, 0.2) is 68.3 Å². The maximum atomic E-state index is 12.9. The van der Waals surface area contributed by atoms with Gasteiger partial charge in [-0.1, -0.05) is 23.4 Å². The van der Waals surface area contributed by atoms with Crippen LogP contribution in [-0.4, -0.2) is 47.1 Å². The van der Waals surface area contributed by atoms with E-state index in [9.17, 15) is 9.59 Å². The number of carbonyl (C=O) groups is 1. The van der Waals surface area contributed by atoms with Crippen molar-refractivity contribution in [3.05, 3.63) is 76.5 Å². The summed E-state index contributed by atoms with van der Waals surface area (Å²) >= 11 is 0. The predicted octanol–water partition coefficient (Wildman–Crippen LogP) is 3.11. The molecule has 4 aromatic rings. The van der Waals surface area contributed by atoms with Crippen molar-refractivity contribution in [2.75, 3.05) is 31.1 Å². The third-order valence-electron chi connectivity index (χ3n) is 5.46. The number of anilines is 1. The lowest BCUT2D eigenvalue weighted by Crippen LogP contribution is -2.49. The molecule has 0 saturated carbocycles. The minimum absolute atomic E-state index is 0.0758. The largest absolute Gasteiger partial charge is 0.422 e. The Bertz CT molecular complexity index is 1300. The lowest BCUT2D eigenvalue weighted by atomic mass is 10.1. The number of aromatic nitrogens is 2. The fourth-order valence-electron chi connectivity index (χ4n) is 3.79. The standard InChI is InChI=1S/C23H20N4O4/c1-15-24-21(25-31-15)16-6-8-18(9-7-16)26-10-12-27(13-11-26)22(28)19-14-17-4-2-3-5-20(17)30-23(19)29/h2-9,14H,10-13H2,1H3. The molecule has 2 aromatic carbocycles. The van der Waals surface area contributed by atoms with Crippen molar-refractivity contribution in [1.82, 2.24) is 15.0 Å². The molecule has 0 bridgehead atoms. The number of hydrogen-bond donors (Lipinski definition) is 0. The van der Waals surface area contributed by atoms with Crippen LogP contribution in [0.5, 0.6) is 0 Å². The van der Waals surface area contributed by atoms with Gasteiger partial charge in [0.2, 0.25) is 11.7 Å². The van der Waals surface area contributed by atoms with Gasteiger partial charge in [0, 0.05) is 49.7 Å². The van der Waals surface area contributed by atoms with Crippen LogP contribution in [0.2, 0.25) is 0 Å². The lowest BCUT2D eigenvalue weighted by Gasteiger charge is -2.36. The predicted molar refractivity (Wildman–Crippen MR) is 115 cm³/mol. The average molecular weight is 416 g/mol. The Labute approximate surface area is 177 Å². The number of fused-ring (bicyclic) bond motifs is 1. The highest BCUT2D eigenvalue weighted by Crippen LogP contribution is 2.23. The number of hydrogen-bond acceptors (Lipinski definition) is 7. The highest BCUT2D eigenvalue weighted by atomic mass is 16.5. The Morgan fingerprint density at radius 3 is 2.45 bits per heavy atom. The van der Waals surface area contributed by atoms with E-state index in [-0.39, 0.29) is 11.5 Å². The van der Waals surface area contributed by atoms with Crippen LogP contribution in [0.25, 0.3) is 22.4 Å². The molecule has 1 amide bonds. The van der Waals surface area contributed by atoms with Gasteiger partial charge in [0.1, 0.15) is 11.1 Å². The zero-order chi connectivity index (χ0) is 21.4. The summed E-state index contributed by atoms with van der Waals surface area (Å²) in [7, 11) is 0. The van der Waals surface area contributed by atoms with E-state index in [1.165, 1.54) is 0 Å². The number of benzene rings is 2. The van der Waals surface area contributed by atoms with E-state index >= 15 is 0 Å². The van der Waals surface area contributed by atoms with Gasteiger partial charge in [-0.3, -0.25) is 4.79 Å². The number of rotatable bonds is 3. The van der Waals surface area contributed by atoms with Crippen LogP contribution in [0.3, 0.4) is 0 Å². The van der Waals surface area contributed by atoms with Gasteiger partial charge in [0.25, 0.3) is 5.91 Å². The van der Waals surface area contributed by atoms with Crippen molar-refractivity contribution in [3.63, 3.8) is 0 Å². The van der Waals surface area contributed by atoms with E-state index in [1.807, 2.05) is 36.4 Å². The second kappa shape index (κ2) is 7.71. The average Bonchev–Trinajstić information content (AvgIpc) is 3.25. The van der Waals surface area contributed by atoms with Crippen molar-refractivity contribution in [2.24, 2.45) is 0 Å². The van der Waals surface area contributed by atoms with Crippen molar-refractivity contribution >= 4 is 22.6 Å². The topological polar surface area (TPSA) is 92.7 Å². The molecule has 0 radical (unpaired) electrons. The van der Waals surface area contributed by atoms with Gasteiger partial charge in [-0.2, -0.15) is 4.98 Å². The van der Waals surface area contributed by atoms with Crippen molar-refractivity contribution < 1.29 is 13.7 Å². The Morgan fingerprint density at radius 1 is 1.00 bits per heavy atom. The molecule has 1 aliphatic heterocycles. The van der Waals surface area contributed by atoms with Crippen LogP contribution in [-0.2, 0) is 0 Å². The van der Waals surface area contributed by atoms with Crippen molar-refractivity contribution in [1.29, 1.82) is 0 Å². The highest BCUT2D eigenvalue weighted by molar-refractivity contribution is 5.96. The summed E-state index contributed by atoms with van der Waals surface area (Å²) in [6, 6.07) is 16.7. The second-order valence-corrected chi connectivity index (χ2v) is 7.45. The fraction of sp³-hybridized carbons (Fsp3) is 0.217. The third-order valence-corrected chi connectivity index (χ3v) is 5.46. The van der Waals surface area contributed by atoms with Crippen LogP contribution < -0.4 is 10.5 Å². The SMILES string of the molecule is Cc1nc(-c2ccc(N3CCN(C(=O)c4cc5ccccc5oc4=O)CC3)cc2)no1. The first-order valence-corrected chi connectivity index (χ1v) is 10.1. The molecule has 8 nitrogen and oxygen atoms in total. The second-order valence-electron chi connectivity index (χ2n) is 7.45. The summed E-state index contributed by atoms with van der Waals surface area (Å²) in [5.74, 6) is 0.802. The smallest absolute Gasteiger partial charge is 0.349 e. The molecule has 1 saturated heterocycles. The number of carbonyl (C=O) groups excluding carboxylic acids is 1. The molecule has 0 unspecified atom stereocenters. The minimum Gasteiger partial charge on any atom is -0.422 e. The molecular formula is C23H20N4O4. The number of nitrogens with zero attached hydrogens (tertiary/aromatic N) is 4. The molecule has 0 N–H and O–H groups in total. The minimum atomic E-state index is -0.599. The maximum absolute atomic E-state index is 12.9. The summed E-state index contributed by atoms with van der Waals surface area (Å²) in [4.78, 5) is 33.4. The van der Waals surface area contributed by atoms with Crippen LogP contribution in [0.4, 0.5) is 5.69 Å². The molecule has 5 rings (SSSR count). The number of aryl methyl sites for hydroxylation is 1. The first-order chi connectivity index (χ1) is 15.1. The first kappa shape index (κ1) is 19.0. The highest BCUT2D eigenvalue weighted by Gasteiger charge is 2.25. The van der Waals surface area contributed by atoms with E-state index in [4.69, 9.17) is 8.94 Å². The molecule has 156 valence electrons. The van der Waals surface area contributed by atoms with Crippen LogP contribution >= 0.6 is 0 Å². The van der Waals surface area contributed by atoms with Crippen molar-refractivity contribution in [2.45, 2.75) is 6.92 Å². The van der Waals surface area contributed by atoms with Crippen molar-refractivity contribution in [3.8, 4) is 11.4 Å². The number of amides is 1. The molecule has 1 fully saturated rings. The first-order valence-electron chi connectivity index (χ1n) is 10.1. The summed E-state index contributed by atoms with van der Waals surface area (Å²) in [5.41, 5.74) is 1.90. The quantitative estimate of drug-likeness (QED) is 0.474. The van der Waals surface area contributed by atoms with Gasteiger partial charge >= 0.3 is 5.63 Å². The summed E-state index contributed by atoms with van der Waals surface area (Å²) in [5, 5.41) is 4.67. The van der Waals surface area contributed by atoms with Gasteiger partial charge in [0.05, 0.1) is 0 Å². The molecule has 3 heterocycles. The Morgan fingerprint density at radius 2 is 1.74 bits per heavy atom. The summed E-state index contributed by atoms with van der Waals surface area (Å²) < 4.78 is 10.3. The third kappa shape index (κ3) is 3.68. The van der Waals surface area contributed by atoms with Gasteiger partial charge in [-0.15, -0.1) is 0 Å². The molecule has 0 atom stereocenters. The molecule has 2 aromatic heterocycles. The fourth-order valence-corrected chi connectivity index (χ4v) is 3.79. The zero-order valence-corrected chi connectivity index (χ0v) is 16.9. The van der Waals surface area contributed by atoms with E-state index in [0.29, 0.717) is 43.5 Å². The van der Waals surface area contributed by atoms with Crippen LogP contribution in [0, 0.1) is 6.92 Å². The molecule has 1 aliphatic rings. The summed E-state index contributed by atoms with van der Waals surface area (Å²) in [6.45, 7) is 4.15. The van der Waals surface area contributed by atoms with Crippen LogP contribution in [0.1, 0.15) is 16.2 Å². The van der Waals surface area contributed by atoms with E-state index in [1.54, 1.807) is 30.0 Å².